The number of hydrogen-bond donors (Lipinski definition) is 2. The van der Waals surface area contributed by atoms with E-state index < -0.39 is 12.1 Å². The van der Waals surface area contributed by atoms with Crippen molar-refractivity contribution in [3.8, 4) is 0 Å². The summed E-state index contributed by atoms with van der Waals surface area (Å²) in [4.78, 5) is 42.0. The summed E-state index contributed by atoms with van der Waals surface area (Å²) in [5.74, 6) is -0.437. The lowest BCUT2D eigenvalue weighted by Crippen LogP contribution is -2.60. The number of fused-ring (bicyclic) bond motifs is 1. The van der Waals surface area contributed by atoms with Crippen LogP contribution in [0.4, 0.5) is 0 Å². The van der Waals surface area contributed by atoms with Crippen LogP contribution in [0.15, 0.2) is 24.5 Å². The van der Waals surface area contributed by atoms with Crippen LogP contribution in [0.3, 0.4) is 0 Å². The standard InChI is InChI=1S/C15H18N4O3/c1-2-11-15(22)19-8-10(6-12(19)14(21)18-11)17-13(20)9-4-3-5-16-7-9/h3-5,7,10-12H,2,6,8H2,1H3,(H,17,20)(H,18,21)/t10-,11-,12-/m0/s1. The fourth-order valence-electron chi connectivity index (χ4n) is 3.00. The van der Waals surface area contributed by atoms with E-state index in [1.165, 1.54) is 6.20 Å². The molecule has 1 aromatic heterocycles. The molecule has 0 spiro atoms. The van der Waals surface area contributed by atoms with Crippen molar-refractivity contribution in [2.45, 2.75) is 37.9 Å². The zero-order valence-electron chi connectivity index (χ0n) is 12.3. The number of amides is 3. The molecular weight excluding hydrogens is 284 g/mol. The van der Waals surface area contributed by atoms with Crippen LogP contribution in [0.1, 0.15) is 30.1 Å². The van der Waals surface area contributed by atoms with Gasteiger partial charge in [-0.3, -0.25) is 19.4 Å². The average Bonchev–Trinajstić information content (AvgIpc) is 2.96. The molecule has 2 fully saturated rings. The minimum atomic E-state index is -0.477. The summed E-state index contributed by atoms with van der Waals surface area (Å²) in [6.45, 7) is 2.24. The van der Waals surface area contributed by atoms with E-state index >= 15 is 0 Å². The van der Waals surface area contributed by atoms with E-state index in [1.807, 2.05) is 6.92 Å². The van der Waals surface area contributed by atoms with Gasteiger partial charge in [0.05, 0.1) is 5.56 Å². The first kappa shape index (κ1) is 14.5. The molecule has 116 valence electrons. The smallest absolute Gasteiger partial charge is 0.253 e. The first-order valence-electron chi connectivity index (χ1n) is 7.42. The van der Waals surface area contributed by atoms with Gasteiger partial charge in [0.2, 0.25) is 11.8 Å². The van der Waals surface area contributed by atoms with Crippen molar-refractivity contribution in [2.24, 2.45) is 0 Å². The number of rotatable bonds is 3. The fourth-order valence-corrected chi connectivity index (χ4v) is 3.00. The van der Waals surface area contributed by atoms with Gasteiger partial charge in [-0.2, -0.15) is 0 Å². The highest BCUT2D eigenvalue weighted by molar-refractivity contribution is 5.98. The maximum Gasteiger partial charge on any atom is 0.253 e. The first-order chi connectivity index (χ1) is 10.6. The van der Waals surface area contributed by atoms with Gasteiger partial charge in [-0.05, 0) is 25.0 Å². The third-order valence-corrected chi connectivity index (χ3v) is 4.17. The predicted molar refractivity (Wildman–Crippen MR) is 77.8 cm³/mol. The largest absolute Gasteiger partial charge is 0.347 e. The van der Waals surface area contributed by atoms with Gasteiger partial charge >= 0.3 is 0 Å². The van der Waals surface area contributed by atoms with Gasteiger partial charge in [-0.1, -0.05) is 6.92 Å². The van der Waals surface area contributed by atoms with Crippen LogP contribution in [0.2, 0.25) is 0 Å². The lowest BCUT2D eigenvalue weighted by molar-refractivity contribution is -0.147. The van der Waals surface area contributed by atoms with Crippen LogP contribution in [0.5, 0.6) is 0 Å². The molecule has 0 bridgehead atoms. The Morgan fingerprint density at radius 3 is 3.00 bits per heavy atom. The van der Waals surface area contributed by atoms with E-state index in [9.17, 15) is 14.4 Å². The molecule has 7 heteroatoms. The molecule has 0 radical (unpaired) electrons. The van der Waals surface area contributed by atoms with Gasteiger partial charge in [0.25, 0.3) is 5.91 Å². The van der Waals surface area contributed by atoms with Gasteiger partial charge in [-0.25, -0.2) is 0 Å². The highest BCUT2D eigenvalue weighted by Gasteiger charge is 2.46. The normalized spacial score (nSPS) is 27.3. The van der Waals surface area contributed by atoms with Crippen molar-refractivity contribution in [1.29, 1.82) is 0 Å². The van der Waals surface area contributed by atoms with Crippen LogP contribution in [0.25, 0.3) is 0 Å². The monoisotopic (exact) mass is 302 g/mol. The predicted octanol–water partition coefficient (Wildman–Crippen LogP) is -0.311. The van der Waals surface area contributed by atoms with Crippen molar-refractivity contribution in [1.82, 2.24) is 20.5 Å². The van der Waals surface area contributed by atoms with Crippen LogP contribution in [0, 0.1) is 0 Å². The molecule has 0 aromatic carbocycles. The molecule has 3 rings (SSSR count). The van der Waals surface area contributed by atoms with Gasteiger partial charge in [0.15, 0.2) is 0 Å². The number of nitrogens with zero attached hydrogens (tertiary/aromatic N) is 2. The Kier molecular flexibility index (Phi) is 3.79. The second-order valence-corrected chi connectivity index (χ2v) is 5.62. The summed E-state index contributed by atoms with van der Waals surface area (Å²) < 4.78 is 0. The molecule has 2 saturated heterocycles. The molecule has 2 aliphatic heterocycles. The number of carbonyl (C=O) groups is 3. The quantitative estimate of drug-likeness (QED) is 0.801. The molecular formula is C15H18N4O3. The van der Waals surface area contributed by atoms with Crippen LogP contribution in [-0.2, 0) is 9.59 Å². The second-order valence-electron chi connectivity index (χ2n) is 5.62. The average molecular weight is 302 g/mol. The Morgan fingerprint density at radius 2 is 2.32 bits per heavy atom. The van der Waals surface area contributed by atoms with Crippen LogP contribution >= 0.6 is 0 Å². The molecule has 3 heterocycles. The summed E-state index contributed by atoms with van der Waals surface area (Å²) in [5.41, 5.74) is 0.467. The molecule has 3 atom stereocenters. The number of pyridine rings is 1. The van der Waals surface area contributed by atoms with E-state index in [-0.39, 0.29) is 23.8 Å². The highest BCUT2D eigenvalue weighted by atomic mass is 16.2. The minimum absolute atomic E-state index is 0.0646. The maximum atomic E-state index is 12.3. The molecule has 0 aliphatic carbocycles. The van der Waals surface area contributed by atoms with Crippen LogP contribution in [-0.4, -0.2) is 52.3 Å². The number of piperazine rings is 1. The van der Waals surface area contributed by atoms with Gasteiger partial charge in [0, 0.05) is 25.0 Å². The Bertz CT molecular complexity index is 604. The van der Waals surface area contributed by atoms with Crippen LogP contribution < -0.4 is 10.6 Å². The Hall–Kier alpha value is -2.44. The molecule has 1 aromatic rings. The van der Waals surface area contributed by atoms with Crippen molar-refractivity contribution in [3.63, 3.8) is 0 Å². The molecule has 0 saturated carbocycles. The lowest BCUT2D eigenvalue weighted by Gasteiger charge is -2.33. The Balaban J connectivity index is 1.68. The molecule has 3 amide bonds. The molecule has 2 N–H and O–H groups in total. The Morgan fingerprint density at radius 1 is 1.50 bits per heavy atom. The maximum absolute atomic E-state index is 12.3. The van der Waals surface area contributed by atoms with E-state index in [1.54, 1.807) is 23.2 Å². The summed E-state index contributed by atoms with van der Waals surface area (Å²) in [7, 11) is 0. The SMILES string of the molecule is CC[C@@H]1NC(=O)[C@@H]2C[C@H](NC(=O)c3cccnc3)CN2C1=O. The second kappa shape index (κ2) is 5.75. The van der Waals surface area contributed by atoms with E-state index in [4.69, 9.17) is 0 Å². The third-order valence-electron chi connectivity index (χ3n) is 4.17. The number of aromatic nitrogens is 1. The fraction of sp³-hybridized carbons (Fsp3) is 0.467. The molecule has 2 aliphatic rings. The molecule has 22 heavy (non-hydrogen) atoms. The van der Waals surface area contributed by atoms with E-state index in [0.717, 1.165) is 0 Å². The van der Waals surface area contributed by atoms with Crippen molar-refractivity contribution < 1.29 is 14.4 Å². The summed E-state index contributed by atoms with van der Waals surface area (Å²) in [6.07, 6.45) is 4.10. The highest BCUT2D eigenvalue weighted by Crippen LogP contribution is 2.23. The van der Waals surface area contributed by atoms with E-state index in [0.29, 0.717) is 24.9 Å². The summed E-state index contributed by atoms with van der Waals surface area (Å²) in [5, 5.41) is 5.61. The van der Waals surface area contributed by atoms with Gasteiger partial charge < -0.3 is 15.5 Å². The minimum Gasteiger partial charge on any atom is -0.347 e. The Labute approximate surface area is 128 Å². The van der Waals surface area contributed by atoms with Crippen molar-refractivity contribution >= 4 is 17.7 Å². The first-order valence-corrected chi connectivity index (χ1v) is 7.42. The van der Waals surface area contributed by atoms with Gasteiger partial charge in [-0.15, -0.1) is 0 Å². The summed E-state index contributed by atoms with van der Waals surface area (Å²) in [6, 6.07) is 2.22. The molecule has 0 unspecified atom stereocenters. The van der Waals surface area contributed by atoms with Crippen molar-refractivity contribution in [3.05, 3.63) is 30.1 Å². The summed E-state index contributed by atoms with van der Waals surface area (Å²) >= 11 is 0. The van der Waals surface area contributed by atoms with Gasteiger partial charge in [0.1, 0.15) is 12.1 Å². The topological polar surface area (TPSA) is 91.4 Å². The van der Waals surface area contributed by atoms with Crippen molar-refractivity contribution in [2.75, 3.05) is 6.54 Å². The third kappa shape index (κ3) is 2.54. The lowest BCUT2D eigenvalue weighted by atomic mass is 10.1. The number of hydrogen-bond acceptors (Lipinski definition) is 4. The number of carbonyl (C=O) groups excluding carboxylic acids is 3. The van der Waals surface area contributed by atoms with E-state index in [2.05, 4.69) is 15.6 Å². The molecule has 7 nitrogen and oxygen atoms in total. The number of nitrogens with one attached hydrogen (secondary N) is 2. The zero-order valence-corrected chi connectivity index (χ0v) is 12.3. The zero-order chi connectivity index (χ0) is 15.7.